The Bertz CT molecular complexity index is 676. The number of carbonyl (C=O) groups is 1. The molecular weight excluding hydrogens is 284 g/mol. The maximum Gasteiger partial charge on any atom is 0.270 e. The molecule has 22 heavy (non-hydrogen) atoms. The van der Waals surface area contributed by atoms with Crippen LogP contribution in [0.3, 0.4) is 0 Å². The Kier molecular flexibility index (Phi) is 4.93. The standard InChI is InChI=1S/C16H18N2O4/c1-11(2)17-16(19)9-7-14-6-8-15(22-14)12-4-3-5-13(10-12)18(20)21/h3-6,8,10-11H,7,9H2,1-2H3,(H,17,19). The van der Waals surface area contributed by atoms with Crippen molar-refractivity contribution in [2.45, 2.75) is 32.7 Å². The van der Waals surface area contributed by atoms with Gasteiger partial charge in [0.25, 0.3) is 5.69 Å². The van der Waals surface area contributed by atoms with Gasteiger partial charge in [0.05, 0.1) is 4.92 Å². The van der Waals surface area contributed by atoms with Gasteiger partial charge < -0.3 is 9.73 Å². The molecular formula is C16H18N2O4. The summed E-state index contributed by atoms with van der Waals surface area (Å²) >= 11 is 0. The number of hydrogen-bond donors (Lipinski definition) is 1. The molecule has 6 heteroatoms. The van der Waals surface area contributed by atoms with E-state index in [0.717, 1.165) is 0 Å². The summed E-state index contributed by atoms with van der Waals surface area (Å²) < 4.78 is 5.66. The predicted molar refractivity (Wildman–Crippen MR) is 82.4 cm³/mol. The van der Waals surface area contributed by atoms with Crippen LogP contribution < -0.4 is 5.32 Å². The number of hydrogen-bond acceptors (Lipinski definition) is 4. The molecule has 0 aliphatic rings. The summed E-state index contributed by atoms with van der Waals surface area (Å²) in [7, 11) is 0. The van der Waals surface area contributed by atoms with E-state index in [1.165, 1.54) is 12.1 Å². The van der Waals surface area contributed by atoms with Crippen LogP contribution in [0.2, 0.25) is 0 Å². The molecule has 1 aromatic heterocycles. The highest BCUT2D eigenvalue weighted by molar-refractivity contribution is 5.76. The fraction of sp³-hybridized carbons (Fsp3) is 0.312. The molecule has 2 rings (SSSR count). The third kappa shape index (κ3) is 4.18. The van der Waals surface area contributed by atoms with E-state index in [1.807, 2.05) is 13.8 Å². The number of aryl methyl sites for hydroxylation is 1. The highest BCUT2D eigenvalue weighted by atomic mass is 16.6. The zero-order chi connectivity index (χ0) is 16.1. The summed E-state index contributed by atoms with van der Waals surface area (Å²) in [5.74, 6) is 1.21. The predicted octanol–water partition coefficient (Wildman–Crippen LogP) is 3.31. The Balaban J connectivity index is 2.04. The number of nitrogens with one attached hydrogen (secondary N) is 1. The third-order valence-electron chi connectivity index (χ3n) is 3.05. The smallest absolute Gasteiger partial charge is 0.270 e. The summed E-state index contributed by atoms with van der Waals surface area (Å²) in [6.07, 6.45) is 0.841. The Morgan fingerprint density at radius 2 is 2.09 bits per heavy atom. The molecule has 0 radical (unpaired) electrons. The van der Waals surface area contributed by atoms with Crippen LogP contribution in [0.5, 0.6) is 0 Å². The minimum Gasteiger partial charge on any atom is -0.461 e. The molecule has 1 N–H and O–H groups in total. The number of amides is 1. The lowest BCUT2D eigenvalue weighted by Gasteiger charge is -2.06. The lowest BCUT2D eigenvalue weighted by molar-refractivity contribution is -0.384. The van der Waals surface area contributed by atoms with Crippen molar-refractivity contribution in [1.82, 2.24) is 5.32 Å². The lowest BCUT2D eigenvalue weighted by atomic mass is 10.1. The molecule has 1 aromatic carbocycles. The Labute approximate surface area is 128 Å². The Hall–Kier alpha value is -2.63. The minimum atomic E-state index is -0.441. The number of furan rings is 1. The van der Waals surface area contributed by atoms with E-state index in [-0.39, 0.29) is 17.6 Å². The lowest BCUT2D eigenvalue weighted by Crippen LogP contribution is -2.30. The van der Waals surface area contributed by atoms with Crippen LogP contribution in [-0.4, -0.2) is 16.9 Å². The van der Waals surface area contributed by atoms with Crippen molar-refractivity contribution in [3.63, 3.8) is 0 Å². The number of nitrogens with zero attached hydrogens (tertiary/aromatic N) is 1. The largest absolute Gasteiger partial charge is 0.461 e. The van der Waals surface area contributed by atoms with Crippen molar-refractivity contribution >= 4 is 11.6 Å². The minimum absolute atomic E-state index is 0.0201. The van der Waals surface area contributed by atoms with Gasteiger partial charge >= 0.3 is 0 Å². The normalized spacial score (nSPS) is 10.7. The number of benzene rings is 1. The van der Waals surface area contributed by atoms with E-state index in [0.29, 0.717) is 29.9 Å². The van der Waals surface area contributed by atoms with Crippen molar-refractivity contribution in [3.05, 3.63) is 52.3 Å². The second-order valence-electron chi connectivity index (χ2n) is 5.30. The summed E-state index contributed by atoms with van der Waals surface area (Å²) in [6, 6.07) is 9.93. The van der Waals surface area contributed by atoms with Crippen LogP contribution in [0.15, 0.2) is 40.8 Å². The van der Waals surface area contributed by atoms with Crippen molar-refractivity contribution in [2.24, 2.45) is 0 Å². The quantitative estimate of drug-likeness (QED) is 0.655. The molecule has 0 unspecified atom stereocenters. The highest BCUT2D eigenvalue weighted by Crippen LogP contribution is 2.26. The van der Waals surface area contributed by atoms with Crippen molar-refractivity contribution in [2.75, 3.05) is 0 Å². The van der Waals surface area contributed by atoms with Gasteiger partial charge in [0.15, 0.2) is 0 Å². The van der Waals surface area contributed by atoms with E-state index in [9.17, 15) is 14.9 Å². The average molecular weight is 302 g/mol. The van der Waals surface area contributed by atoms with Gasteiger partial charge in [0.2, 0.25) is 5.91 Å². The molecule has 0 saturated carbocycles. The maximum atomic E-state index is 11.6. The maximum absolute atomic E-state index is 11.6. The van der Waals surface area contributed by atoms with E-state index in [1.54, 1.807) is 24.3 Å². The molecule has 1 amide bonds. The monoisotopic (exact) mass is 302 g/mol. The van der Waals surface area contributed by atoms with Gasteiger partial charge in [-0.05, 0) is 26.0 Å². The molecule has 0 bridgehead atoms. The van der Waals surface area contributed by atoms with Crippen molar-refractivity contribution < 1.29 is 14.1 Å². The zero-order valence-corrected chi connectivity index (χ0v) is 12.5. The van der Waals surface area contributed by atoms with Gasteiger partial charge in [0, 0.05) is 36.6 Å². The Morgan fingerprint density at radius 3 is 2.77 bits per heavy atom. The van der Waals surface area contributed by atoms with Gasteiger partial charge in [-0.15, -0.1) is 0 Å². The van der Waals surface area contributed by atoms with Crippen LogP contribution in [0.1, 0.15) is 26.0 Å². The van der Waals surface area contributed by atoms with Crippen LogP contribution in [0.4, 0.5) is 5.69 Å². The van der Waals surface area contributed by atoms with Crippen LogP contribution in [0, 0.1) is 10.1 Å². The van der Waals surface area contributed by atoms with Gasteiger partial charge in [-0.1, -0.05) is 12.1 Å². The molecule has 116 valence electrons. The fourth-order valence-electron chi connectivity index (χ4n) is 2.07. The third-order valence-corrected chi connectivity index (χ3v) is 3.05. The number of carbonyl (C=O) groups excluding carboxylic acids is 1. The van der Waals surface area contributed by atoms with Crippen LogP contribution in [-0.2, 0) is 11.2 Å². The van der Waals surface area contributed by atoms with Gasteiger partial charge in [-0.25, -0.2) is 0 Å². The first kappa shape index (κ1) is 15.8. The fourth-order valence-corrected chi connectivity index (χ4v) is 2.07. The van der Waals surface area contributed by atoms with E-state index in [4.69, 9.17) is 4.42 Å². The number of non-ortho nitro benzene ring substituents is 1. The molecule has 1 heterocycles. The second-order valence-corrected chi connectivity index (χ2v) is 5.30. The van der Waals surface area contributed by atoms with E-state index >= 15 is 0 Å². The Morgan fingerprint density at radius 1 is 1.32 bits per heavy atom. The first-order chi connectivity index (χ1) is 10.5. The first-order valence-corrected chi connectivity index (χ1v) is 7.08. The molecule has 0 fully saturated rings. The van der Waals surface area contributed by atoms with Crippen LogP contribution in [0.25, 0.3) is 11.3 Å². The van der Waals surface area contributed by atoms with Crippen molar-refractivity contribution in [3.8, 4) is 11.3 Å². The summed E-state index contributed by atoms with van der Waals surface area (Å²) in [5, 5.41) is 13.6. The molecule has 0 atom stereocenters. The zero-order valence-electron chi connectivity index (χ0n) is 12.5. The van der Waals surface area contributed by atoms with E-state index in [2.05, 4.69) is 5.32 Å². The second kappa shape index (κ2) is 6.89. The van der Waals surface area contributed by atoms with Gasteiger partial charge in [-0.2, -0.15) is 0 Å². The summed E-state index contributed by atoms with van der Waals surface area (Å²) in [5.41, 5.74) is 0.666. The number of rotatable bonds is 6. The highest BCUT2D eigenvalue weighted by Gasteiger charge is 2.11. The van der Waals surface area contributed by atoms with Gasteiger partial charge in [-0.3, -0.25) is 14.9 Å². The molecule has 6 nitrogen and oxygen atoms in total. The molecule has 0 saturated heterocycles. The summed E-state index contributed by atoms with van der Waals surface area (Å²) in [6.45, 7) is 3.82. The molecule has 0 aliphatic carbocycles. The van der Waals surface area contributed by atoms with Gasteiger partial charge in [0.1, 0.15) is 11.5 Å². The SMILES string of the molecule is CC(C)NC(=O)CCc1ccc(-c2cccc([N+](=O)[O-])c2)o1. The number of nitro benzene ring substituents is 1. The average Bonchev–Trinajstić information content (AvgIpc) is 2.93. The van der Waals surface area contributed by atoms with Crippen molar-refractivity contribution in [1.29, 1.82) is 0 Å². The molecule has 0 spiro atoms. The topological polar surface area (TPSA) is 85.4 Å². The van der Waals surface area contributed by atoms with Crippen LogP contribution >= 0.6 is 0 Å². The first-order valence-electron chi connectivity index (χ1n) is 7.08. The number of nitro groups is 1. The van der Waals surface area contributed by atoms with E-state index < -0.39 is 4.92 Å². The molecule has 2 aromatic rings. The summed E-state index contributed by atoms with van der Waals surface area (Å²) in [4.78, 5) is 21.9. The molecule has 0 aliphatic heterocycles.